The van der Waals surface area contributed by atoms with Crippen LogP contribution in [0.3, 0.4) is 0 Å². The van der Waals surface area contributed by atoms with E-state index in [1.807, 2.05) is 201 Å². The van der Waals surface area contributed by atoms with Crippen LogP contribution in [0.2, 0.25) is 0 Å². The van der Waals surface area contributed by atoms with Crippen LogP contribution >= 0.6 is 0 Å². The first-order valence-electron chi connectivity index (χ1n) is 28.2. The minimum Gasteiger partial charge on any atom is -0.505 e. The second-order valence-corrected chi connectivity index (χ2v) is 20.5. The smallest absolute Gasteiger partial charge is 0.259 e. The van der Waals surface area contributed by atoms with Gasteiger partial charge in [-0.2, -0.15) is 10.2 Å². The fraction of sp³-hybridized carbons (Fsp3) is 0.0405. The molecular weight excluding hydrogens is 1060 g/mol. The van der Waals surface area contributed by atoms with E-state index in [1.54, 1.807) is 18.2 Å². The number of aromatic nitrogens is 2. The lowest BCUT2D eigenvalue weighted by Gasteiger charge is -2.13. The van der Waals surface area contributed by atoms with Crippen molar-refractivity contribution in [3.63, 3.8) is 0 Å². The van der Waals surface area contributed by atoms with E-state index in [1.165, 1.54) is 5.56 Å². The Morgan fingerprint density at radius 3 is 1.49 bits per heavy atom. The summed E-state index contributed by atoms with van der Waals surface area (Å²) in [7, 11) is 0. The molecule has 6 N–H and O–H groups in total. The molecule has 2 aromatic heterocycles. The lowest BCUT2D eigenvalue weighted by Crippen LogP contribution is -2.12. The topological polar surface area (TPSA) is 172 Å². The minimum atomic E-state index is -0.434. The largest absolute Gasteiger partial charge is 0.505 e. The maximum absolute atomic E-state index is 13.3. The fourth-order valence-electron chi connectivity index (χ4n) is 10.3. The highest BCUT2D eigenvalue weighted by molar-refractivity contribution is 6.23. The van der Waals surface area contributed by atoms with Crippen molar-refractivity contribution < 1.29 is 19.8 Å². The molecule has 12 heteroatoms. The molecular formula is C74H58N8O4. The number of nitrogens with one attached hydrogen (secondary N) is 4. The van der Waals surface area contributed by atoms with Gasteiger partial charge in [-0.25, -0.2) is 0 Å². The number of allylic oxidation sites excluding steroid dienone is 5. The summed E-state index contributed by atoms with van der Waals surface area (Å²) in [4.78, 5) is 26.1. The molecule has 0 aliphatic heterocycles. The number of nitrogens with zero attached hydrogens (tertiary/aromatic N) is 4. The summed E-state index contributed by atoms with van der Waals surface area (Å²) in [5.74, 6) is -0.644. The zero-order chi connectivity index (χ0) is 58.8. The van der Waals surface area contributed by atoms with Crippen molar-refractivity contribution in [2.45, 2.75) is 20.5 Å². The van der Waals surface area contributed by atoms with Gasteiger partial charge in [0.1, 0.15) is 23.7 Å². The number of carbonyl (C=O) groups excluding carboxylic acids is 1. The predicted octanol–water partition coefficient (Wildman–Crippen LogP) is 20.6. The van der Waals surface area contributed by atoms with E-state index in [2.05, 4.69) is 103 Å². The predicted molar refractivity (Wildman–Crippen MR) is 354 cm³/mol. The molecule has 418 valence electrons. The maximum atomic E-state index is 13.3. The SMILES string of the molecule is C/C=C/C=C/c1ccc(N=Nc2c(O)c(C(=O)Nc3ccccc3)cc3ccc4c5ccccc5[nH]c4c23)cc1.Cc1ccc(/C=C/C=C/c2ccc(N=Nc3c(O)c(CONc4ccccc4)cc4ccc5c6ccccc6[nH]c5c34)cc2)cc1. The van der Waals surface area contributed by atoms with Crippen LogP contribution in [-0.4, -0.2) is 26.1 Å². The van der Waals surface area contributed by atoms with Crippen LogP contribution in [0.4, 0.5) is 34.1 Å². The zero-order valence-corrected chi connectivity index (χ0v) is 47.1. The normalized spacial score (nSPS) is 12.0. The van der Waals surface area contributed by atoms with Crippen molar-refractivity contribution in [2.24, 2.45) is 20.5 Å². The molecule has 0 radical (unpaired) electrons. The number of aryl methyl sites for hydroxylation is 1. The molecule has 0 fully saturated rings. The van der Waals surface area contributed by atoms with E-state index in [0.29, 0.717) is 33.7 Å². The van der Waals surface area contributed by atoms with Crippen molar-refractivity contribution in [3.05, 3.63) is 282 Å². The van der Waals surface area contributed by atoms with Gasteiger partial charge in [-0.15, -0.1) is 10.2 Å². The van der Waals surface area contributed by atoms with Crippen LogP contribution in [0.1, 0.15) is 45.1 Å². The molecule has 86 heavy (non-hydrogen) atoms. The van der Waals surface area contributed by atoms with Gasteiger partial charge in [-0.05, 0) is 114 Å². The van der Waals surface area contributed by atoms with Gasteiger partial charge < -0.3 is 25.5 Å². The van der Waals surface area contributed by atoms with E-state index in [0.717, 1.165) is 82.1 Å². The molecule has 0 unspecified atom stereocenters. The summed E-state index contributed by atoms with van der Waals surface area (Å²) in [6.45, 7) is 4.18. The van der Waals surface area contributed by atoms with Crippen LogP contribution < -0.4 is 10.8 Å². The van der Waals surface area contributed by atoms with Gasteiger partial charge in [-0.1, -0.05) is 200 Å². The second-order valence-electron chi connectivity index (χ2n) is 20.5. The number of anilines is 2. The summed E-state index contributed by atoms with van der Waals surface area (Å²) in [6, 6.07) is 70.6. The fourth-order valence-corrected chi connectivity index (χ4v) is 10.3. The number of H-pyrrole nitrogens is 2. The Hall–Kier alpha value is -11.5. The molecule has 0 saturated carbocycles. The van der Waals surface area contributed by atoms with E-state index in [4.69, 9.17) is 4.84 Å². The Morgan fingerprint density at radius 2 is 0.953 bits per heavy atom. The molecule has 11 aromatic carbocycles. The van der Waals surface area contributed by atoms with Gasteiger partial charge in [0.2, 0.25) is 0 Å². The molecule has 0 aliphatic carbocycles. The number of hydrogen-bond donors (Lipinski definition) is 6. The number of phenols is 2. The summed E-state index contributed by atoms with van der Waals surface area (Å²) < 4.78 is 0. The molecule has 13 aromatic rings. The van der Waals surface area contributed by atoms with Crippen LogP contribution in [0, 0.1) is 6.92 Å². The number of aromatic hydroxyl groups is 2. The first kappa shape index (κ1) is 55.1. The quantitative estimate of drug-likeness (QED) is 0.0340. The van der Waals surface area contributed by atoms with Gasteiger partial charge in [0.15, 0.2) is 5.75 Å². The number of azo groups is 2. The van der Waals surface area contributed by atoms with E-state index >= 15 is 0 Å². The van der Waals surface area contributed by atoms with Crippen molar-refractivity contribution >= 4 is 123 Å². The third-order valence-electron chi connectivity index (χ3n) is 14.7. The highest BCUT2D eigenvalue weighted by atomic mass is 16.6. The number of para-hydroxylation sites is 4. The van der Waals surface area contributed by atoms with E-state index in [-0.39, 0.29) is 29.4 Å². The second kappa shape index (κ2) is 25.3. The number of fused-ring (bicyclic) bond motifs is 10. The number of aromatic amines is 2. The lowest BCUT2D eigenvalue weighted by molar-refractivity contribution is 0.102. The summed E-state index contributed by atoms with van der Waals surface area (Å²) >= 11 is 0. The number of phenolic OH excluding ortho intramolecular Hbond substituents is 2. The molecule has 0 bridgehead atoms. The standard InChI is InChI=1S/C40H32N4O2.C34H26N4O2/c1-27-15-17-28(18-16-27)9-5-6-10-29-19-22-32(23-20-29)42-43-39-37-30(21-24-35-34-13-7-8-14-36(34)41-38(35)37)25-31(40(39)45)26-46-44-33-11-3-2-4-12-33;1-2-3-5-10-22-15-18-25(19-16-22)37-38-32-30-23(17-20-27-26-13-8-9-14-29(26)36-31(27)30)21-28(33(32)39)34(40)35-24-11-6-4-7-12-24/h2-25,41,44-45H,26H2,1H3;2-21,36,39H,1H3,(H,35,40)/b9-5+,10-6+,43-42?;3-2+,10-5+,38-37?. The average molecular weight is 1120 g/mol. The van der Waals surface area contributed by atoms with Crippen molar-refractivity contribution in [1.82, 2.24) is 9.97 Å². The van der Waals surface area contributed by atoms with Crippen LogP contribution in [0.25, 0.3) is 83.4 Å². The zero-order valence-electron chi connectivity index (χ0n) is 47.1. The van der Waals surface area contributed by atoms with Crippen LogP contribution in [0.5, 0.6) is 11.5 Å². The Labute approximate surface area is 496 Å². The maximum Gasteiger partial charge on any atom is 0.259 e. The molecule has 1 amide bonds. The molecule has 0 atom stereocenters. The van der Waals surface area contributed by atoms with Crippen molar-refractivity contribution in [2.75, 3.05) is 10.8 Å². The van der Waals surface area contributed by atoms with Gasteiger partial charge >= 0.3 is 0 Å². The van der Waals surface area contributed by atoms with Gasteiger partial charge in [0.05, 0.1) is 33.7 Å². The van der Waals surface area contributed by atoms with E-state index < -0.39 is 5.91 Å². The highest BCUT2D eigenvalue weighted by Gasteiger charge is 2.22. The highest BCUT2D eigenvalue weighted by Crippen LogP contribution is 2.46. The Morgan fingerprint density at radius 1 is 0.488 bits per heavy atom. The molecule has 0 saturated heterocycles. The van der Waals surface area contributed by atoms with Crippen LogP contribution in [0.15, 0.2) is 269 Å². The molecule has 2 heterocycles. The molecule has 12 nitrogen and oxygen atoms in total. The number of amides is 1. The van der Waals surface area contributed by atoms with Crippen LogP contribution in [-0.2, 0) is 11.4 Å². The third kappa shape index (κ3) is 12.2. The van der Waals surface area contributed by atoms with Gasteiger partial charge in [0.25, 0.3) is 5.91 Å². The van der Waals surface area contributed by atoms with Gasteiger partial charge in [0, 0.05) is 54.6 Å². The average Bonchev–Trinajstić information content (AvgIpc) is 2.37. The number of rotatable bonds is 15. The van der Waals surface area contributed by atoms with Crippen molar-refractivity contribution in [1.29, 1.82) is 0 Å². The van der Waals surface area contributed by atoms with E-state index in [9.17, 15) is 15.0 Å². The number of carbonyl (C=O) groups is 1. The molecule has 0 spiro atoms. The molecule has 0 aliphatic rings. The Bertz CT molecular complexity index is 4790. The summed E-state index contributed by atoms with van der Waals surface area (Å²) in [6.07, 6.45) is 16.1. The first-order valence-corrected chi connectivity index (χ1v) is 28.2. The summed E-state index contributed by atoms with van der Waals surface area (Å²) in [5, 5.41) is 51.5. The Kier molecular flexibility index (Phi) is 16.2. The molecule has 13 rings (SSSR count). The summed E-state index contributed by atoms with van der Waals surface area (Å²) in [5.41, 5.74) is 15.2. The van der Waals surface area contributed by atoms with Crippen molar-refractivity contribution in [3.8, 4) is 11.5 Å². The lowest BCUT2D eigenvalue weighted by atomic mass is 10.00. The first-order chi connectivity index (χ1) is 42.2. The monoisotopic (exact) mass is 1120 g/mol. The van der Waals surface area contributed by atoms with Gasteiger partial charge in [-0.3, -0.25) is 15.1 Å². The minimum absolute atomic E-state index is 0.0252. The third-order valence-corrected chi connectivity index (χ3v) is 14.7. The Balaban J connectivity index is 0.000000170. The number of hydrogen-bond acceptors (Lipinski definition) is 9. The number of benzene rings is 11.